The third-order valence-electron chi connectivity index (χ3n) is 6.21. The number of nitrogens with zero attached hydrogens (tertiary/aromatic N) is 2. The van der Waals surface area contributed by atoms with E-state index in [2.05, 4.69) is 16.7 Å². The number of carbonyl (C=O) groups is 1. The highest BCUT2D eigenvalue weighted by atomic mass is 32.2. The SMILES string of the molecule is O=C(Cc1ccccc1)N1CCC2(CC1)CN(C1CCSCC1)CCO2. The lowest BCUT2D eigenvalue weighted by molar-refractivity contribution is -0.154. The minimum absolute atomic E-state index is 0.0215. The quantitative estimate of drug-likeness (QED) is 0.815. The van der Waals surface area contributed by atoms with Gasteiger partial charge in [0.05, 0.1) is 18.6 Å². The summed E-state index contributed by atoms with van der Waals surface area (Å²) < 4.78 is 6.29. The summed E-state index contributed by atoms with van der Waals surface area (Å²) in [4.78, 5) is 17.3. The summed E-state index contributed by atoms with van der Waals surface area (Å²) in [5, 5.41) is 0. The lowest BCUT2D eigenvalue weighted by atomic mass is 9.88. The van der Waals surface area contributed by atoms with E-state index < -0.39 is 0 Å². The third-order valence-corrected chi connectivity index (χ3v) is 7.26. The molecule has 5 heteroatoms. The van der Waals surface area contributed by atoms with Gasteiger partial charge < -0.3 is 9.64 Å². The van der Waals surface area contributed by atoms with E-state index in [4.69, 9.17) is 4.74 Å². The standard InChI is InChI=1S/C21H30N2O2S/c24-20(16-18-4-2-1-3-5-18)22-10-8-21(9-11-22)17-23(12-13-25-21)19-6-14-26-15-7-19/h1-5,19H,6-17H2. The Bertz CT molecular complexity index is 595. The van der Waals surface area contributed by atoms with Gasteiger partial charge in [0.25, 0.3) is 0 Å². The normalized spacial score (nSPS) is 24.7. The first-order valence-electron chi connectivity index (χ1n) is 10.0. The van der Waals surface area contributed by atoms with Gasteiger partial charge in [-0.15, -0.1) is 0 Å². The summed E-state index contributed by atoms with van der Waals surface area (Å²) in [7, 11) is 0. The number of carbonyl (C=O) groups excluding carboxylic acids is 1. The summed E-state index contributed by atoms with van der Waals surface area (Å²) in [6.45, 7) is 4.65. The summed E-state index contributed by atoms with van der Waals surface area (Å²) in [6.07, 6.45) is 5.11. The highest BCUT2D eigenvalue weighted by molar-refractivity contribution is 7.99. The fourth-order valence-corrected chi connectivity index (χ4v) is 5.67. The van der Waals surface area contributed by atoms with Gasteiger partial charge in [-0.05, 0) is 42.8 Å². The van der Waals surface area contributed by atoms with E-state index in [0.717, 1.165) is 57.2 Å². The van der Waals surface area contributed by atoms with Crippen LogP contribution in [0, 0.1) is 0 Å². The first kappa shape index (κ1) is 18.3. The highest BCUT2D eigenvalue weighted by Crippen LogP contribution is 2.33. The van der Waals surface area contributed by atoms with Crippen LogP contribution in [0.1, 0.15) is 31.2 Å². The maximum atomic E-state index is 12.6. The largest absolute Gasteiger partial charge is 0.372 e. The number of benzene rings is 1. The summed E-state index contributed by atoms with van der Waals surface area (Å²) in [5.41, 5.74) is 1.08. The number of ether oxygens (including phenoxy) is 1. The first-order valence-corrected chi connectivity index (χ1v) is 11.2. The van der Waals surface area contributed by atoms with Crippen molar-refractivity contribution in [2.75, 3.05) is 44.3 Å². The van der Waals surface area contributed by atoms with Gasteiger partial charge in [0.15, 0.2) is 0 Å². The van der Waals surface area contributed by atoms with Crippen molar-refractivity contribution >= 4 is 17.7 Å². The van der Waals surface area contributed by atoms with Crippen LogP contribution in [0.3, 0.4) is 0 Å². The number of thioether (sulfide) groups is 1. The van der Waals surface area contributed by atoms with Crippen LogP contribution in [0.2, 0.25) is 0 Å². The van der Waals surface area contributed by atoms with Gasteiger partial charge >= 0.3 is 0 Å². The Balaban J connectivity index is 1.31. The first-order chi connectivity index (χ1) is 12.7. The molecule has 3 heterocycles. The second kappa shape index (κ2) is 8.32. The average Bonchev–Trinajstić information content (AvgIpc) is 2.70. The zero-order valence-electron chi connectivity index (χ0n) is 15.6. The molecule has 1 aromatic rings. The molecule has 3 aliphatic heterocycles. The molecule has 0 saturated carbocycles. The summed E-state index contributed by atoms with van der Waals surface area (Å²) in [5.74, 6) is 2.86. The fourth-order valence-electron chi connectivity index (χ4n) is 4.58. The van der Waals surface area contributed by atoms with Crippen molar-refractivity contribution in [3.8, 4) is 0 Å². The number of morpholine rings is 1. The van der Waals surface area contributed by atoms with Crippen molar-refractivity contribution in [2.45, 2.75) is 43.7 Å². The molecule has 1 aromatic carbocycles. The van der Waals surface area contributed by atoms with Gasteiger partial charge in [0, 0.05) is 32.2 Å². The molecule has 1 spiro atoms. The highest BCUT2D eigenvalue weighted by Gasteiger charge is 2.42. The lowest BCUT2D eigenvalue weighted by Gasteiger charge is -2.49. The number of rotatable bonds is 3. The Morgan fingerprint density at radius 2 is 1.85 bits per heavy atom. The maximum absolute atomic E-state index is 12.6. The van der Waals surface area contributed by atoms with Gasteiger partial charge in [-0.3, -0.25) is 9.69 Å². The van der Waals surface area contributed by atoms with Crippen LogP contribution in [-0.4, -0.2) is 71.6 Å². The number of hydrogen-bond donors (Lipinski definition) is 0. The van der Waals surface area contributed by atoms with Crippen LogP contribution in [0.15, 0.2) is 30.3 Å². The van der Waals surface area contributed by atoms with E-state index in [0.29, 0.717) is 6.42 Å². The molecule has 0 aromatic heterocycles. The molecule has 1 amide bonds. The van der Waals surface area contributed by atoms with E-state index in [1.165, 1.54) is 24.3 Å². The van der Waals surface area contributed by atoms with Gasteiger partial charge in [0.1, 0.15) is 0 Å². The molecular weight excluding hydrogens is 344 g/mol. The van der Waals surface area contributed by atoms with Crippen molar-refractivity contribution in [1.82, 2.24) is 9.80 Å². The molecule has 0 aliphatic carbocycles. The minimum Gasteiger partial charge on any atom is -0.372 e. The van der Waals surface area contributed by atoms with Gasteiger partial charge in [-0.1, -0.05) is 30.3 Å². The van der Waals surface area contributed by atoms with Crippen LogP contribution < -0.4 is 0 Å². The molecule has 3 fully saturated rings. The Kier molecular flexibility index (Phi) is 5.87. The topological polar surface area (TPSA) is 32.8 Å². The monoisotopic (exact) mass is 374 g/mol. The fraction of sp³-hybridized carbons (Fsp3) is 0.667. The van der Waals surface area contributed by atoms with Crippen LogP contribution in [0.25, 0.3) is 0 Å². The molecule has 0 bridgehead atoms. The summed E-state index contributed by atoms with van der Waals surface area (Å²) in [6, 6.07) is 10.8. The van der Waals surface area contributed by atoms with Crippen molar-refractivity contribution < 1.29 is 9.53 Å². The predicted octanol–water partition coefficient (Wildman–Crippen LogP) is 2.82. The van der Waals surface area contributed by atoms with Gasteiger partial charge in [0.2, 0.25) is 5.91 Å². The summed E-state index contributed by atoms with van der Waals surface area (Å²) >= 11 is 2.09. The van der Waals surface area contributed by atoms with Crippen molar-refractivity contribution in [3.05, 3.63) is 35.9 Å². The number of amides is 1. The molecule has 3 aliphatic rings. The molecule has 0 N–H and O–H groups in total. The van der Waals surface area contributed by atoms with Gasteiger partial charge in [-0.25, -0.2) is 0 Å². The average molecular weight is 375 g/mol. The molecule has 0 atom stereocenters. The minimum atomic E-state index is -0.0215. The Morgan fingerprint density at radius 1 is 1.12 bits per heavy atom. The molecule has 3 saturated heterocycles. The Hall–Kier alpha value is -1.04. The van der Waals surface area contributed by atoms with E-state index in [-0.39, 0.29) is 11.5 Å². The molecule has 0 unspecified atom stereocenters. The van der Waals surface area contributed by atoms with E-state index in [1.54, 1.807) is 0 Å². The van der Waals surface area contributed by atoms with E-state index >= 15 is 0 Å². The lowest BCUT2D eigenvalue weighted by Crippen LogP contribution is -2.59. The Labute approximate surface area is 161 Å². The van der Waals surface area contributed by atoms with Crippen LogP contribution in [0.4, 0.5) is 0 Å². The zero-order chi connectivity index (χ0) is 17.8. The maximum Gasteiger partial charge on any atom is 0.226 e. The van der Waals surface area contributed by atoms with Crippen LogP contribution in [-0.2, 0) is 16.0 Å². The van der Waals surface area contributed by atoms with E-state index in [1.807, 2.05) is 35.2 Å². The number of hydrogen-bond acceptors (Lipinski definition) is 4. The molecule has 0 radical (unpaired) electrons. The number of piperidine rings is 1. The Morgan fingerprint density at radius 3 is 2.58 bits per heavy atom. The predicted molar refractivity (Wildman–Crippen MR) is 107 cm³/mol. The van der Waals surface area contributed by atoms with E-state index in [9.17, 15) is 4.79 Å². The second-order valence-corrected chi connectivity index (χ2v) is 9.11. The van der Waals surface area contributed by atoms with Crippen molar-refractivity contribution in [1.29, 1.82) is 0 Å². The zero-order valence-corrected chi connectivity index (χ0v) is 16.4. The molecule has 4 nitrogen and oxygen atoms in total. The molecule has 26 heavy (non-hydrogen) atoms. The third kappa shape index (κ3) is 4.26. The molecular formula is C21H30N2O2S. The van der Waals surface area contributed by atoms with Crippen molar-refractivity contribution in [2.24, 2.45) is 0 Å². The van der Waals surface area contributed by atoms with Crippen LogP contribution in [0.5, 0.6) is 0 Å². The number of likely N-dealkylation sites (tertiary alicyclic amines) is 1. The van der Waals surface area contributed by atoms with Crippen LogP contribution >= 0.6 is 11.8 Å². The molecule has 142 valence electrons. The second-order valence-electron chi connectivity index (χ2n) is 7.89. The van der Waals surface area contributed by atoms with Gasteiger partial charge in [-0.2, -0.15) is 11.8 Å². The van der Waals surface area contributed by atoms with Crippen molar-refractivity contribution in [3.63, 3.8) is 0 Å². The smallest absolute Gasteiger partial charge is 0.226 e. The molecule has 4 rings (SSSR count).